The maximum absolute atomic E-state index is 11.5. The zero-order valence-corrected chi connectivity index (χ0v) is 4.87. The average Bonchev–Trinajstić information content (AvgIpc) is 1.81. The van der Waals surface area contributed by atoms with Gasteiger partial charge in [0.05, 0.1) is 18.3 Å². The first-order valence-electron chi connectivity index (χ1n) is 2.32. The van der Waals surface area contributed by atoms with Gasteiger partial charge in [-0.15, -0.1) is 0 Å². The van der Waals surface area contributed by atoms with E-state index in [1.54, 1.807) is 0 Å². The normalized spacial score (nSPS) is 11.1. The third-order valence-electron chi connectivity index (χ3n) is 0.748. The second-order valence-corrected chi connectivity index (χ2v) is 1.51. The van der Waals surface area contributed by atoms with E-state index < -0.39 is 23.9 Å². The molecule has 4 nitrogen and oxygen atoms in total. The SMILES string of the molecule is O=C(O)C/C(=C/F)C(=O)O. The van der Waals surface area contributed by atoms with Crippen LogP contribution in [0.4, 0.5) is 4.39 Å². The summed E-state index contributed by atoms with van der Waals surface area (Å²) in [6, 6.07) is 0. The van der Waals surface area contributed by atoms with Gasteiger partial charge in [-0.1, -0.05) is 0 Å². The van der Waals surface area contributed by atoms with Gasteiger partial charge >= 0.3 is 11.9 Å². The maximum atomic E-state index is 11.5. The summed E-state index contributed by atoms with van der Waals surface area (Å²) in [7, 11) is 0. The number of carbonyl (C=O) groups is 2. The molecule has 0 saturated carbocycles. The topological polar surface area (TPSA) is 74.6 Å². The Kier molecular flexibility index (Phi) is 3.10. The number of aliphatic carboxylic acids is 2. The number of halogens is 1. The Morgan fingerprint density at radius 3 is 2.00 bits per heavy atom. The lowest BCUT2D eigenvalue weighted by atomic mass is 10.2. The van der Waals surface area contributed by atoms with Crippen molar-refractivity contribution in [2.24, 2.45) is 0 Å². The lowest BCUT2D eigenvalue weighted by molar-refractivity contribution is -0.139. The second-order valence-electron chi connectivity index (χ2n) is 1.51. The van der Waals surface area contributed by atoms with E-state index in [9.17, 15) is 14.0 Å². The van der Waals surface area contributed by atoms with Gasteiger partial charge in [-0.2, -0.15) is 0 Å². The molecule has 0 saturated heterocycles. The quantitative estimate of drug-likeness (QED) is 0.568. The molecule has 0 heterocycles. The van der Waals surface area contributed by atoms with E-state index in [4.69, 9.17) is 10.2 Å². The number of carboxylic acid groups (broad SMARTS) is 2. The average molecular weight is 148 g/mol. The molecule has 0 fully saturated rings. The fraction of sp³-hybridized carbons (Fsp3) is 0.200. The molecule has 0 aromatic rings. The van der Waals surface area contributed by atoms with Gasteiger partial charge in [0.1, 0.15) is 0 Å². The van der Waals surface area contributed by atoms with Gasteiger partial charge in [-0.3, -0.25) is 4.79 Å². The molecule has 0 aliphatic rings. The molecule has 0 spiro atoms. The van der Waals surface area contributed by atoms with Crippen LogP contribution in [0.1, 0.15) is 6.42 Å². The van der Waals surface area contributed by atoms with E-state index >= 15 is 0 Å². The molecular weight excluding hydrogens is 143 g/mol. The van der Waals surface area contributed by atoms with Crippen molar-refractivity contribution >= 4 is 11.9 Å². The third-order valence-corrected chi connectivity index (χ3v) is 0.748. The lowest BCUT2D eigenvalue weighted by Crippen LogP contribution is -2.05. The highest BCUT2D eigenvalue weighted by molar-refractivity contribution is 5.91. The van der Waals surface area contributed by atoms with Crippen LogP contribution in [0.2, 0.25) is 0 Å². The third kappa shape index (κ3) is 2.81. The molecule has 0 bridgehead atoms. The number of hydrogen-bond donors (Lipinski definition) is 2. The predicted molar refractivity (Wildman–Crippen MR) is 29.1 cm³/mol. The molecule has 0 aromatic heterocycles. The van der Waals surface area contributed by atoms with Crippen molar-refractivity contribution in [1.82, 2.24) is 0 Å². The standard InChI is InChI=1S/C5H5FO4/c6-2-3(5(9)10)1-4(7)8/h2H,1H2,(H,7,8)(H,9,10)/b3-2-. The van der Waals surface area contributed by atoms with E-state index in [1.165, 1.54) is 0 Å². The van der Waals surface area contributed by atoms with Crippen LogP contribution in [0.5, 0.6) is 0 Å². The molecule has 0 aromatic carbocycles. The minimum absolute atomic E-state index is 0.226. The van der Waals surface area contributed by atoms with Crippen LogP contribution in [-0.4, -0.2) is 22.2 Å². The largest absolute Gasteiger partial charge is 0.481 e. The molecular formula is C5H5FO4. The molecule has 5 heteroatoms. The first kappa shape index (κ1) is 8.61. The number of carboxylic acids is 2. The zero-order chi connectivity index (χ0) is 8.15. The van der Waals surface area contributed by atoms with Crippen LogP contribution >= 0.6 is 0 Å². The highest BCUT2D eigenvalue weighted by atomic mass is 19.1. The van der Waals surface area contributed by atoms with Crippen molar-refractivity contribution in [2.75, 3.05) is 0 Å². The molecule has 0 amide bonds. The zero-order valence-electron chi connectivity index (χ0n) is 4.87. The van der Waals surface area contributed by atoms with Crippen molar-refractivity contribution in [3.05, 3.63) is 11.9 Å². The van der Waals surface area contributed by atoms with Gasteiger partial charge in [0.15, 0.2) is 0 Å². The molecule has 0 atom stereocenters. The Balaban J connectivity index is 4.12. The highest BCUT2D eigenvalue weighted by Gasteiger charge is 2.10. The summed E-state index contributed by atoms with van der Waals surface area (Å²) in [5.41, 5.74) is -0.757. The van der Waals surface area contributed by atoms with Crippen molar-refractivity contribution in [3.8, 4) is 0 Å². The van der Waals surface area contributed by atoms with E-state index in [0.29, 0.717) is 0 Å². The Morgan fingerprint density at radius 1 is 1.40 bits per heavy atom. The number of hydrogen-bond acceptors (Lipinski definition) is 2. The smallest absolute Gasteiger partial charge is 0.334 e. The first-order valence-corrected chi connectivity index (χ1v) is 2.32. The van der Waals surface area contributed by atoms with Crippen LogP contribution in [0.15, 0.2) is 11.9 Å². The molecule has 0 rings (SSSR count). The summed E-state index contributed by atoms with van der Waals surface area (Å²) < 4.78 is 11.5. The molecule has 0 aliphatic heterocycles. The summed E-state index contributed by atoms with van der Waals surface area (Å²) in [5.74, 6) is -2.92. The summed E-state index contributed by atoms with van der Waals surface area (Å²) in [5, 5.41) is 16.0. The second kappa shape index (κ2) is 3.60. The molecule has 56 valence electrons. The van der Waals surface area contributed by atoms with Gasteiger partial charge in [0.2, 0.25) is 0 Å². The Bertz CT molecular complexity index is 184. The molecule has 0 aliphatic carbocycles. The highest BCUT2D eigenvalue weighted by Crippen LogP contribution is 2.00. The van der Waals surface area contributed by atoms with E-state index in [2.05, 4.69) is 0 Å². The minimum Gasteiger partial charge on any atom is -0.481 e. The molecule has 10 heavy (non-hydrogen) atoms. The Hall–Kier alpha value is -1.39. The van der Waals surface area contributed by atoms with Crippen molar-refractivity contribution < 1.29 is 24.2 Å². The molecule has 2 N–H and O–H groups in total. The fourth-order valence-corrected chi connectivity index (χ4v) is 0.324. The summed E-state index contributed by atoms with van der Waals surface area (Å²) in [6.07, 6.45) is -1.03. The first-order chi connectivity index (χ1) is 4.57. The fourth-order valence-electron chi connectivity index (χ4n) is 0.324. The summed E-state index contributed by atoms with van der Waals surface area (Å²) in [6.45, 7) is 0. The van der Waals surface area contributed by atoms with Crippen LogP contribution in [-0.2, 0) is 9.59 Å². The van der Waals surface area contributed by atoms with E-state index in [-0.39, 0.29) is 6.33 Å². The lowest BCUT2D eigenvalue weighted by Gasteiger charge is -1.92. The van der Waals surface area contributed by atoms with Crippen molar-refractivity contribution in [2.45, 2.75) is 6.42 Å². The van der Waals surface area contributed by atoms with Gasteiger partial charge in [-0.25, -0.2) is 9.18 Å². The van der Waals surface area contributed by atoms with Crippen molar-refractivity contribution in [1.29, 1.82) is 0 Å². The van der Waals surface area contributed by atoms with Gasteiger partial charge in [-0.05, 0) is 0 Å². The van der Waals surface area contributed by atoms with E-state index in [1.807, 2.05) is 0 Å². The van der Waals surface area contributed by atoms with E-state index in [0.717, 1.165) is 0 Å². The minimum atomic E-state index is -1.55. The molecule has 0 radical (unpaired) electrons. The Morgan fingerprint density at radius 2 is 1.90 bits per heavy atom. The Labute approximate surface area is 55.6 Å². The van der Waals surface area contributed by atoms with Crippen LogP contribution in [0, 0.1) is 0 Å². The van der Waals surface area contributed by atoms with Gasteiger partial charge in [0, 0.05) is 0 Å². The summed E-state index contributed by atoms with van der Waals surface area (Å²) >= 11 is 0. The predicted octanol–water partition coefficient (Wildman–Crippen LogP) is 0.399. The van der Waals surface area contributed by atoms with Crippen LogP contribution in [0.3, 0.4) is 0 Å². The van der Waals surface area contributed by atoms with Crippen LogP contribution < -0.4 is 0 Å². The number of rotatable bonds is 3. The monoisotopic (exact) mass is 148 g/mol. The van der Waals surface area contributed by atoms with Crippen LogP contribution in [0.25, 0.3) is 0 Å². The summed E-state index contributed by atoms with van der Waals surface area (Å²) in [4.78, 5) is 19.7. The molecule has 0 unspecified atom stereocenters. The van der Waals surface area contributed by atoms with Crippen molar-refractivity contribution in [3.63, 3.8) is 0 Å². The maximum Gasteiger partial charge on any atom is 0.334 e. The van der Waals surface area contributed by atoms with Gasteiger partial charge in [0.25, 0.3) is 0 Å². The van der Waals surface area contributed by atoms with Gasteiger partial charge < -0.3 is 10.2 Å².